The third-order valence-electron chi connectivity index (χ3n) is 3.41. The number of alkyl halides is 1. The van der Waals surface area contributed by atoms with Crippen molar-refractivity contribution in [3.8, 4) is 0 Å². The standard InChI is InChI=1S/C17H23ClO3/c1-4-12-21-16(20)17(2,3)14-9-7-13(8-10-14)15(19)6-5-11-18/h7-10H,4-6,11-12H2,1-3H3. The van der Waals surface area contributed by atoms with E-state index < -0.39 is 5.41 Å². The summed E-state index contributed by atoms with van der Waals surface area (Å²) in [5.74, 6) is 0.319. The van der Waals surface area contributed by atoms with E-state index in [1.165, 1.54) is 0 Å². The van der Waals surface area contributed by atoms with Crippen molar-refractivity contribution in [2.45, 2.75) is 45.4 Å². The Morgan fingerprint density at radius 2 is 1.81 bits per heavy atom. The van der Waals surface area contributed by atoms with Gasteiger partial charge in [-0.25, -0.2) is 0 Å². The summed E-state index contributed by atoms with van der Waals surface area (Å²) in [7, 11) is 0. The quantitative estimate of drug-likeness (QED) is 0.412. The van der Waals surface area contributed by atoms with Gasteiger partial charge in [-0.3, -0.25) is 9.59 Å². The molecular weight excluding hydrogens is 288 g/mol. The molecule has 0 unspecified atom stereocenters. The smallest absolute Gasteiger partial charge is 0.315 e. The van der Waals surface area contributed by atoms with Gasteiger partial charge < -0.3 is 4.74 Å². The Morgan fingerprint density at radius 3 is 2.33 bits per heavy atom. The number of hydrogen-bond acceptors (Lipinski definition) is 3. The van der Waals surface area contributed by atoms with Gasteiger partial charge in [0.1, 0.15) is 0 Å². The van der Waals surface area contributed by atoms with Crippen molar-refractivity contribution >= 4 is 23.4 Å². The molecule has 0 N–H and O–H groups in total. The molecule has 0 aromatic heterocycles. The molecule has 0 amide bonds. The Hall–Kier alpha value is -1.35. The van der Waals surface area contributed by atoms with Crippen LogP contribution >= 0.6 is 11.6 Å². The molecule has 1 aromatic carbocycles. The Labute approximate surface area is 131 Å². The topological polar surface area (TPSA) is 43.4 Å². The van der Waals surface area contributed by atoms with E-state index in [9.17, 15) is 9.59 Å². The first-order valence-electron chi connectivity index (χ1n) is 7.30. The van der Waals surface area contributed by atoms with Crippen molar-refractivity contribution < 1.29 is 14.3 Å². The van der Waals surface area contributed by atoms with Crippen LogP contribution in [-0.2, 0) is 14.9 Å². The van der Waals surface area contributed by atoms with E-state index in [1.807, 2.05) is 32.9 Å². The SMILES string of the molecule is CCCOC(=O)C(C)(C)c1ccc(C(=O)CCCCl)cc1. The summed E-state index contributed by atoms with van der Waals surface area (Å²) in [5, 5.41) is 0. The zero-order valence-corrected chi connectivity index (χ0v) is 13.7. The van der Waals surface area contributed by atoms with E-state index in [0.717, 1.165) is 12.0 Å². The van der Waals surface area contributed by atoms with Gasteiger partial charge in [0.2, 0.25) is 0 Å². The summed E-state index contributed by atoms with van der Waals surface area (Å²) in [6.45, 7) is 6.05. The number of hydrogen-bond donors (Lipinski definition) is 0. The highest BCUT2D eigenvalue weighted by molar-refractivity contribution is 6.18. The number of benzene rings is 1. The Bertz CT molecular complexity index is 477. The van der Waals surface area contributed by atoms with E-state index in [0.29, 0.717) is 30.9 Å². The Kier molecular flexibility index (Phi) is 6.90. The van der Waals surface area contributed by atoms with Crippen molar-refractivity contribution in [1.82, 2.24) is 0 Å². The number of rotatable bonds is 8. The van der Waals surface area contributed by atoms with Crippen LogP contribution in [0.25, 0.3) is 0 Å². The lowest BCUT2D eigenvalue weighted by atomic mass is 9.84. The lowest BCUT2D eigenvalue weighted by Crippen LogP contribution is -2.31. The van der Waals surface area contributed by atoms with Crippen LogP contribution in [0.15, 0.2) is 24.3 Å². The molecular formula is C17H23ClO3. The first kappa shape index (κ1) is 17.7. The van der Waals surface area contributed by atoms with Gasteiger partial charge in [-0.1, -0.05) is 31.2 Å². The van der Waals surface area contributed by atoms with Crippen LogP contribution in [0.1, 0.15) is 56.0 Å². The summed E-state index contributed by atoms with van der Waals surface area (Å²) >= 11 is 5.59. The summed E-state index contributed by atoms with van der Waals surface area (Å²) in [5.41, 5.74) is 0.784. The number of Topliss-reactive ketones (excluding diaryl/α,β-unsaturated/α-hetero) is 1. The highest BCUT2D eigenvalue weighted by atomic mass is 35.5. The molecule has 1 aromatic rings. The molecule has 21 heavy (non-hydrogen) atoms. The predicted molar refractivity (Wildman–Crippen MR) is 85.0 cm³/mol. The summed E-state index contributed by atoms with van der Waals surface area (Å²) in [4.78, 5) is 24.0. The van der Waals surface area contributed by atoms with E-state index in [2.05, 4.69) is 0 Å². The van der Waals surface area contributed by atoms with Crippen molar-refractivity contribution in [2.24, 2.45) is 0 Å². The predicted octanol–water partition coefficient (Wildman–Crippen LogP) is 4.12. The molecule has 0 fully saturated rings. The molecule has 0 atom stereocenters. The fraction of sp³-hybridized carbons (Fsp3) is 0.529. The molecule has 0 heterocycles. The van der Waals surface area contributed by atoms with Crippen LogP contribution in [0.5, 0.6) is 0 Å². The second-order valence-corrected chi connectivity index (χ2v) is 5.93. The number of esters is 1. The zero-order chi connectivity index (χ0) is 15.9. The second kappa shape index (κ2) is 8.18. The minimum atomic E-state index is -0.715. The molecule has 1 rings (SSSR count). The monoisotopic (exact) mass is 310 g/mol. The number of ether oxygens (including phenoxy) is 1. The molecule has 4 heteroatoms. The van der Waals surface area contributed by atoms with E-state index in [4.69, 9.17) is 16.3 Å². The number of halogens is 1. The van der Waals surface area contributed by atoms with Crippen LogP contribution in [0.4, 0.5) is 0 Å². The Balaban J connectivity index is 2.80. The molecule has 0 aliphatic carbocycles. The third-order valence-corrected chi connectivity index (χ3v) is 3.68. The fourth-order valence-electron chi connectivity index (χ4n) is 1.94. The molecule has 3 nitrogen and oxygen atoms in total. The zero-order valence-electron chi connectivity index (χ0n) is 12.9. The second-order valence-electron chi connectivity index (χ2n) is 5.55. The van der Waals surface area contributed by atoms with Gasteiger partial charge in [0.05, 0.1) is 12.0 Å². The number of carbonyl (C=O) groups excluding carboxylic acids is 2. The largest absolute Gasteiger partial charge is 0.465 e. The van der Waals surface area contributed by atoms with Crippen LogP contribution in [0.2, 0.25) is 0 Å². The van der Waals surface area contributed by atoms with E-state index in [-0.39, 0.29) is 11.8 Å². The molecule has 0 radical (unpaired) electrons. The highest BCUT2D eigenvalue weighted by Crippen LogP contribution is 2.25. The summed E-state index contributed by atoms with van der Waals surface area (Å²) in [6, 6.07) is 7.17. The first-order valence-corrected chi connectivity index (χ1v) is 7.83. The van der Waals surface area contributed by atoms with Crippen molar-refractivity contribution in [2.75, 3.05) is 12.5 Å². The molecule has 0 aliphatic heterocycles. The maximum absolute atomic E-state index is 12.1. The number of ketones is 1. The maximum atomic E-state index is 12.1. The van der Waals surface area contributed by atoms with Gasteiger partial charge >= 0.3 is 5.97 Å². The Morgan fingerprint density at radius 1 is 1.19 bits per heavy atom. The normalized spacial score (nSPS) is 11.2. The van der Waals surface area contributed by atoms with Gasteiger partial charge in [-0.05, 0) is 32.3 Å². The average Bonchev–Trinajstić information content (AvgIpc) is 2.50. The van der Waals surface area contributed by atoms with Crippen molar-refractivity contribution in [3.05, 3.63) is 35.4 Å². The molecule has 0 bridgehead atoms. The average molecular weight is 311 g/mol. The molecule has 0 saturated carbocycles. The molecule has 0 spiro atoms. The lowest BCUT2D eigenvalue weighted by Gasteiger charge is -2.23. The van der Waals surface area contributed by atoms with Gasteiger partial charge in [-0.2, -0.15) is 0 Å². The molecule has 0 aliphatic rings. The van der Waals surface area contributed by atoms with Crippen LogP contribution in [0.3, 0.4) is 0 Å². The van der Waals surface area contributed by atoms with Gasteiger partial charge in [-0.15, -0.1) is 11.6 Å². The lowest BCUT2D eigenvalue weighted by molar-refractivity contribution is -0.149. The van der Waals surface area contributed by atoms with Crippen LogP contribution in [-0.4, -0.2) is 24.2 Å². The van der Waals surface area contributed by atoms with Gasteiger partial charge in [0.25, 0.3) is 0 Å². The third kappa shape index (κ3) is 4.85. The number of carbonyl (C=O) groups is 2. The van der Waals surface area contributed by atoms with Crippen molar-refractivity contribution in [3.63, 3.8) is 0 Å². The van der Waals surface area contributed by atoms with Crippen LogP contribution < -0.4 is 0 Å². The van der Waals surface area contributed by atoms with Gasteiger partial charge in [0.15, 0.2) is 5.78 Å². The van der Waals surface area contributed by atoms with Crippen LogP contribution in [0, 0.1) is 0 Å². The van der Waals surface area contributed by atoms with Gasteiger partial charge in [0, 0.05) is 17.9 Å². The minimum Gasteiger partial charge on any atom is -0.465 e. The fourth-order valence-corrected chi connectivity index (χ4v) is 2.07. The molecule has 116 valence electrons. The first-order chi connectivity index (χ1) is 9.93. The van der Waals surface area contributed by atoms with E-state index >= 15 is 0 Å². The van der Waals surface area contributed by atoms with Crippen molar-refractivity contribution in [1.29, 1.82) is 0 Å². The van der Waals surface area contributed by atoms with E-state index in [1.54, 1.807) is 12.1 Å². The summed E-state index contributed by atoms with van der Waals surface area (Å²) in [6.07, 6.45) is 1.93. The highest BCUT2D eigenvalue weighted by Gasteiger charge is 2.31. The maximum Gasteiger partial charge on any atom is 0.315 e. The summed E-state index contributed by atoms with van der Waals surface area (Å²) < 4.78 is 5.22. The minimum absolute atomic E-state index is 0.0774. The molecule has 0 saturated heterocycles.